The van der Waals surface area contributed by atoms with Gasteiger partial charge in [-0.15, -0.1) is 45.3 Å². The van der Waals surface area contributed by atoms with E-state index in [4.69, 9.17) is 0 Å². The molecule has 0 aliphatic carbocycles. The molecule has 0 fully saturated rings. The molecule has 4 heterocycles. The second-order valence-corrected chi connectivity index (χ2v) is 43.2. The Morgan fingerprint density at radius 2 is 0.264 bits per heavy atom. The molecule has 0 unspecified atom stereocenters. The van der Waals surface area contributed by atoms with E-state index in [1.807, 2.05) is 45.3 Å². The highest BCUT2D eigenvalue weighted by molar-refractivity contribution is 7.27. The number of rotatable bonds is 8. The quantitative estimate of drug-likeness (QED) is 0.133. The van der Waals surface area contributed by atoms with E-state index in [2.05, 4.69) is 534 Å². The number of benzene rings is 28. The van der Waals surface area contributed by atoms with Gasteiger partial charge in [-0.3, -0.25) is 0 Å². The maximum atomic E-state index is 2.38. The van der Waals surface area contributed by atoms with Crippen LogP contribution in [0.1, 0.15) is 0 Å². The van der Waals surface area contributed by atoms with Crippen molar-refractivity contribution in [2.24, 2.45) is 0 Å². The molecule has 688 valence electrons. The molecule has 32 aromatic rings. The van der Waals surface area contributed by atoms with Crippen LogP contribution in [0.3, 0.4) is 0 Å². The van der Waals surface area contributed by atoms with Crippen molar-refractivity contribution in [2.75, 3.05) is 0 Å². The minimum Gasteiger partial charge on any atom is -0.135 e. The Morgan fingerprint density at radius 1 is 0.0811 bits per heavy atom. The molecule has 0 spiro atoms. The van der Waals surface area contributed by atoms with E-state index in [0.717, 1.165) is 0 Å². The van der Waals surface area contributed by atoms with Crippen molar-refractivity contribution < 1.29 is 0 Å². The van der Waals surface area contributed by atoms with E-state index in [9.17, 15) is 0 Å². The Balaban J connectivity index is 0.0000000930. The molecular formula is C144H88S4. The lowest BCUT2D eigenvalue weighted by atomic mass is 9.91. The highest BCUT2D eigenvalue weighted by Gasteiger charge is 2.21. The van der Waals surface area contributed by atoms with Gasteiger partial charge < -0.3 is 0 Å². The molecule has 0 saturated heterocycles. The number of hydrogen-bond acceptors (Lipinski definition) is 4. The lowest BCUT2D eigenvalue weighted by molar-refractivity contribution is 1.62. The number of fused-ring (bicyclic) bond motifs is 36. The Bertz CT molecular complexity index is 10900. The van der Waals surface area contributed by atoms with Crippen LogP contribution in [0.5, 0.6) is 0 Å². The molecular weight excluding hydrogens is 1860 g/mol. The summed E-state index contributed by atoms with van der Waals surface area (Å²) >= 11 is 7.52. The zero-order chi connectivity index (χ0) is 97.4. The van der Waals surface area contributed by atoms with E-state index in [1.165, 1.54) is 299 Å². The highest BCUT2D eigenvalue weighted by Crippen LogP contribution is 2.49. The van der Waals surface area contributed by atoms with E-state index in [0.29, 0.717) is 0 Å². The van der Waals surface area contributed by atoms with Crippen LogP contribution in [0.2, 0.25) is 0 Å². The first-order chi connectivity index (χ1) is 73.4. The zero-order valence-electron chi connectivity index (χ0n) is 80.4. The van der Waals surface area contributed by atoms with Crippen molar-refractivity contribution in [3.8, 4) is 89.0 Å². The summed E-state index contributed by atoms with van der Waals surface area (Å²) in [6.45, 7) is 0. The molecule has 0 aliphatic heterocycles. The van der Waals surface area contributed by atoms with Crippen molar-refractivity contribution >= 4 is 255 Å². The third kappa shape index (κ3) is 15.0. The van der Waals surface area contributed by atoms with Gasteiger partial charge in [-0.05, 0) is 297 Å². The Morgan fingerprint density at radius 3 is 0.601 bits per heavy atom. The maximum Gasteiger partial charge on any atom is 0.0433 e. The molecule has 0 N–H and O–H groups in total. The summed E-state index contributed by atoms with van der Waals surface area (Å²) in [5.74, 6) is 0. The van der Waals surface area contributed by atoms with Crippen molar-refractivity contribution in [1.82, 2.24) is 0 Å². The Kier molecular flexibility index (Phi) is 21.2. The monoisotopic (exact) mass is 1940 g/mol. The molecule has 4 aromatic heterocycles. The van der Waals surface area contributed by atoms with Crippen LogP contribution in [0.15, 0.2) is 534 Å². The van der Waals surface area contributed by atoms with Gasteiger partial charge in [0.25, 0.3) is 0 Å². The second kappa shape index (κ2) is 36.2. The third-order valence-corrected chi connectivity index (χ3v) is 35.4. The predicted octanol–water partition coefficient (Wildman–Crippen LogP) is 43.4. The molecule has 0 amide bonds. The van der Waals surface area contributed by atoms with Crippen LogP contribution in [0.25, 0.3) is 299 Å². The molecule has 32 rings (SSSR count). The lowest BCUT2D eigenvalue weighted by Gasteiger charge is -2.12. The van der Waals surface area contributed by atoms with E-state index in [1.54, 1.807) is 0 Å². The van der Waals surface area contributed by atoms with Crippen LogP contribution in [0.4, 0.5) is 0 Å². The standard InChI is InChI=1S/4C36H22S/c1-2-13-29-27(11-1)28-12-3-4-14-30(28)34-22-24(19-20-31(29)34)23-9-7-10-25(21-23)26-16-8-17-33-32-15-5-6-18-35(32)37-36(26)33;1-2-12-29-27(10-1)28-11-3-4-13-30(28)34-21-25(16-18-31(29)34)23-8-7-9-24(20-23)26-17-19-33-32-14-5-6-15-35(32)37-36(33)22-26;1-2-10-29-27(8-1)28-9-3-4-11-30(28)34-22-25(20-21-31(29)34)23-16-18-24(19-17-23)26-13-7-14-33-32-12-5-6-15-35(32)37-36(26)33;1-2-9-29-27(7-1)28-8-3-4-10-30(28)33-21-25(17-19-31(29)33)23-13-15-24(16-14-23)26-18-20-36-34(22-26)32-11-5-6-12-35(32)37-36/h4*1-22H. The highest BCUT2D eigenvalue weighted by atomic mass is 32.1. The topological polar surface area (TPSA) is 0 Å². The molecule has 0 saturated carbocycles. The van der Waals surface area contributed by atoms with Crippen molar-refractivity contribution in [1.29, 1.82) is 0 Å². The summed E-state index contributed by atoms with van der Waals surface area (Å²) in [5, 5.41) is 42.2. The van der Waals surface area contributed by atoms with E-state index in [-0.39, 0.29) is 0 Å². The lowest BCUT2D eigenvalue weighted by Crippen LogP contribution is -1.86. The summed E-state index contributed by atoms with van der Waals surface area (Å²) in [5.41, 5.74) is 20.1. The average molecular weight is 1950 g/mol. The fraction of sp³-hybridized carbons (Fsp3) is 0. The van der Waals surface area contributed by atoms with Crippen LogP contribution >= 0.6 is 45.3 Å². The zero-order valence-corrected chi connectivity index (χ0v) is 83.7. The summed E-state index contributed by atoms with van der Waals surface area (Å²) in [7, 11) is 0. The Labute approximate surface area is 870 Å². The molecule has 0 atom stereocenters. The molecule has 0 bridgehead atoms. The summed E-state index contributed by atoms with van der Waals surface area (Å²) in [4.78, 5) is 0. The van der Waals surface area contributed by atoms with Crippen LogP contribution in [-0.2, 0) is 0 Å². The summed E-state index contributed by atoms with van der Waals surface area (Å²) < 4.78 is 10.8. The molecule has 4 heteroatoms. The number of hydrogen-bond donors (Lipinski definition) is 0. The fourth-order valence-electron chi connectivity index (χ4n) is 23.6. The van der Waals surface area contributed by atoms with Gasteiger partial charge in [0.2, 0.25) is 0 Å². The smallest absolute Gasteiger partial charge is 0.0433 e. The molecule has 0 nitrogen and oxygen atoms in total. The van der Waals surface area contributed by atoms with Crippen molar-refractivity contribution in [2.45, 2.75) is 0 Å². The van der Waals surface area contributed by atoms with Gasteiger partial charge in [0.1, 0.15) is 0 Å². The van der Waals surface area contributed by atoms with Crippen molar-refractivity contribution in [3.63, 3.8) is 0 Å². The average Bonchev–Trinajstić information content (AvgIpc) is 1.56. The van der Waals surface area contributed by atoms with Crippen LogP contribution in [0, 0.1) is 0 Å². The maximum absolute atomic E-state index is 2.38. The molecule has 0 aliphatic rings. The summed E-state index contributed by atoms with van der Waals surface area (Å²) in [6, 6.07) is 196. The van der Waals surface area contributed by atoms with Gasteiger partial charge >= 0.3 is 0 Å². The van der Waals surface area contributed by atoms with Crippen molar-refractivity contribution in [3.05, 3.63) is 534 Å². The largest absolute Gasteiger partial charge is 0.135 e. The second-order valence-electron chi connectivity index (χ2n) is 38.9. The third-order valence-electron chi connectivity index (χ3n) is 30.7. The SMILES string of the molecule is c1cc(-c2ccc3c(c2)sc2ccccc23)cc(-c2ccc3c4ccccc4c4ccccc4c3c2)c1.c1cc(-c2ccc3c4ccccc4c4ccccc4c3c2)cc(-c2cccc3c2sc2ccccc23)c1.c1ccc2c(c1)sc1c(-c3ccc(-c4ccc5c6ccccc6c6ccccc6c5c4)cc3)cccc12.c1ccc2c(c1)sc1ccc(-c3ccc(-c4ccc5c6ccccc6c6ccccc6c5c4)cc3)cc12. The molecule has 0 radical (unpaired) electrons. The normalized spacial score (nSPS) is 11.8. The number of thiophene rings is 4. The first-order valence-corrected chi connectivity index (χ1v) is 54.0. The first-order valence-electron chi connectivity index (χ1n) is 50.8. The predicted molar refractivity (Wildman–Crippen MR) is 651 cm³/mol. The van der Waals surface area contributed by atoms with Gasteiger partial charge in [-0.2, -0.15) is 0 Å². The van der Waals surface area contributed by atoms with Gasteiger partial charge in [0, 0.05) is 80.7 Å². The van der Waals surface area contributed by atoms with Gasteiger partial charge in [0.05, 0.1) is 0 Å². The van der Waals surface area contributed by atoms with Crippen LogP contribution in [-0.4, -0.2) is 0 Å². The van der Waals surface area contributed by atoms with Gasteiger partial charge in [-0.25, -0.2) is 0 Å². The van der Waals surface area contributed by atoms with E-state index < -0.39 is 0 Å². The first kappa shape index (κ1) is 86.8. The van der Waals surface area contributed by atoms with Gasteiger partial charge in [-0.1, -0.05) is 455 Å². The van der Waals surface area contributed by atoms with E-state index >= 15 is 0 Å². The fourth-order valence-corrected chi connectivity index (χ4v) is 28.3. The molecule has 28 aromatic carbocycles. The molecule has 148 heavy (non-hydrogen) atoms. The summed E-state index contributed by atoms with van der Waals surface area (Å²) in [6.07, 6.45) is 0. The van der Waals surface area contributed by atoms with Crippen LogP contribution < -0.4 is 0 Å². The van der Waals surface area contributed by atoms with Gasteiger partial charge in [0.15, 0.2) is 0 Å². The minimum absolute atomic E-state index is 1.24. The minimum atomic E-state index is 1.24. The Hall–Kier alpha value is -17.8.